The quantitative estimate of drug-likeness (QED) is 0.497. The minimum absolute atomic E-state index is 0.366. The molecule has 1 aromatic heterocycles. The molecule has 0 bridgehead atoms. The van der Waals surface area contributed by atoms with Gasteiger partial charge in [-0.2, -0.15) is 0 Å². The summed E-state index contributed by atoms with van der Waals surface area (Å²) in [7, 11) is 0. The summed E-state index contributed by atoms with van der Waals surface area (Å²) in [6.07, 6.45) is 3.29. The number of nitrogens with two attached hydrogens (primary N) is 1. The number of aromatic amines is 1. The van der Waals surface area contributed by atoms with Gasteiger partial charge in [-0.15, -0.1) is 10.2 Å². The van der Waals surface area contributed by atoms with Crippen LogP contribution in [0.2, 0.25) is 0 Å². The molecule has 0 saturated heterocycles. The van der Waals surface area contributed by atoms with Crippen molar-refractivity contribution in [1.29, 1.82) is 0 Å². The van der Waals surface area contributed by atoms with E-state index in [1.807, 2.05) is 30.5 Å². The summed E-state index contributed by atoms with van der Waals surface area (Å²) in [5, 5.41) is 15.6. The van der Waals surface area contributed by atoms with Crippen LogP contribution in [0.3, 0.4) is 0 Å². The van der Waals surface area contributed by atoms with Crippen LogP contribution in [-0.4, -0.2) is 32.8 Å². The van der Waals surface area contributed by atoms with E-state index in [0.29, 0.717) is 23.3 Å². The fraction of sp³-hybridized carbons (Fsp3) is 0.190. The number of rotatable bonds is 5. The second-order valence-electron chi connectivity index (χ2n) is 6.89. The number of ether oxygens (including phenoxy) is 1. The molecule has 1 unspecified atom stereocenters. The molecule has 0 spiro atoms. The standard InChI is InChI=1S/C21H23N7OS/c1-12-4-5-13(2)16(10-12)23-20-26-19(27-28-20)14-6-8-15(9-7-14)29-18-11-17(22)24-21(25-18)30-3/h4-11,18H,22H2,1-3H3,(H,24,25)(H2,23,26,27,28). The molecule has 4 rings (SSSR count). The maximum Gasteiger partial charge on any atom is 0.226 e. The molecule has 0 aliphatic carbocycles. The van der Waals surface area contributed by atoms with Gasteiger partial charge in [-0.25, -0.2) is 4.99 Å². The van der Waals surface area contributed by atoms with Crippen LogP contribution >= 0.6 is 11.8 Å². The molecule has 3 aromatic rings. The highest BCUT2D eigenvalue weighted by Crippen LogP contribution is 2.24. The molecule has 9 heteroatoms. The second kappa shape index (κ2) is 8.50. The molecule has 0 radical (unpaired) electrons. The predicted molar refractivity (Wildman–Crippen MR) is 122 cm³/mol. The zero-order chi connectivity index (χ0) is 21.1. The van der Waals surface area contributed by atoms with Gasteiger partial charge in [0.05, 0.1) is 0 Å². The Morgan fingerprint density at radius 1 is 1.10 bits per heavy atom. The average molecular weight is 422 g/mol. The Bertz CT molecular complexity index is 1100. The second-order valence-corrected chi connectivity index (χ2v) is 7.68. The first-order valence-electron chi connectivity index (χ1n) is 9.41. The monoisotopic (exact) mass is 421 g/mol. The van der Waals surface area contributed by atoms with Gasteiger partial charge in [0.25, 0.3) is 0 Å². The van der Waals surface area contributed by atoms with Gasteiger partial charge in [-0.05, 0) is 61.6 Å². The largest absolute Gasteiger partial charge is 0.467 e. The maximum absolute atomic E-state index is 5.94. The zero-order valence-electron chi connectivity index (χ0n) is 16.9. The molecule has 0 saturated carbocycles. The van der Waals surface area contributed by atoms with Crippen molar-refractivity contribution in [3.05, 3.63) is 65.5 Å². The number of hydrogen-bond donors (Lipinski definition) is 4. The number of aryl methyl sites for hydroxylation is 2. The smallest absolute Gasteiger partial charge is 0.226 e. The van der Waals surface area contributed by atoms with Crippen molar-refractivity contribution in [2.24, 2.45) is 10.7 Å². The molecule has 0 fully saturated rings. The minimum atomic E-state index is -0.366. The summed E-state index contributed by atoms with van der Waals surface area (Å²) >= 11 is 1.48. The lowest BCUT2D eigenvalue weighted by Crippen LogP contribution is -2.39. The Kier molecular flexibility index (Phi) is 5.62. The fourth-order valence-electron chi connectivity index (χ4n) is 2.96. The number of anilines is 2. The van der Waals surface area contributed by atoms with Gasteiger partial charge in [-0.3, -0.25) is 0 Å². The van der Waals surface area contributed by atoms with Crippen LogP contribution in [0.4, 0.5) is 11.6 Å². The number of nitrogens with zero attached hydrogens (tertiary/aromatic N) is 3. The molecule has 5 N–H and O–H groups in total. The Morgan fingerprint density at radius 2 is 1.90 bits per heavy atom. The fourth-order valence-corrected chi connectivity index (χ4v) is 3.39. The van der Waals surface area contributed by atoms with Crippen molar-refractivity contribution in [3.8, 4) is 17.1 Å². The molecule has 30 heavy (non-hydrogen) atoms. The highest BCUT2D eigenvalue weighted by molar-refractivity contribution is 8.13. The SMILES string of the molecule is CSC1=NC(N)=CC(Oc2ccc(-c3nnc(Nc4cc(C)ccc4C)[nH]3)cc2)N1. The van der Waals surface area contributed by atoms with Gasteiger partial charge in [0, 0.05) is 17.3 Å². The lowest BCUT2D eigenvalue weighted by Gasteiger charge is -2.22. The molecule has 8 nitrogen and oxygen atoms in total. The molecule has 1 atom stereocenters. The minimum Gasteiger partial charge on any atom is -0.467 e. The first-order valence-corrected chi connectivity index (χ1v) is 10.6. The van der Waals surface area contributed by atoms with Gasteiger partial charge in [0.1, 0.15) is 11.6 Å². The predicted octanol–water partition coefficient (Wildman–Crippen LogP) is 3.66. The van der Waals surface area contributed by atoms with E-state index < -0.39 is 0 Å². The summed E-state index contributed by atoms with van der Waals surface area (Å²) in [4.78, 5) is 7.40. The Labute approximate surface area is 179 Å². The van der Waals surface area contributed by atoms with Crippen molar-refractivity contribution < 1.29 is 4.74 Å². The summed E-state index contributed by atoms with van der Waals surface area (Å²) in [6, 6.07) is 13.9. The number of H-pyrrole nitrogens is 1. The number of hydrogen-bond acceptors (Lipinski definition) is 8. The van der Waals surface area contributed by atoms with E-state index in [1.54, 1.807) is 6.08 Å². The molecule has 154 valence electrons. The maximum atomic E-state index is 5.94. The topological polar surface area (TPSA) is 113 Å². The molecule has 1 aliphatic heterocycles. The van der Waals surface area contributed by atoms with E-state index in [0.717, 1.165) is 22.0 Å². The van der Waals surface area contributed by atoms with Gasteiger partial charge in [0.15, 0.2) is 17.2 Å². The van der Waals surface area contributed by atoms with Crippen LogP contribution in [0, 0.1) is 13.8 Å². The lowest BCUT2D eigenvalue weighted by molar-refractivity contribution is 0.233. The van der Waals surface area contributed by atoms with Crippen molar-refractivity contribution in [1.82, 2.24) is 20.5 Å². The third-order valence-corrected chi connectivity index (χ3v) is 5.13. The first kappa shape index (κ1) is 19.8. The number of aliphatic imine (C=N–C) groups is 1. The molecule has 2 heterocycles. The van der Waals surface area contributed by atoms with Crippen molar-refractivity contribution >= 4 is 28.6 Å². The van der Waals surface area contributed by atoms with Crippen LogP contribution in [0.15, 0.2) is 59.4 Å². The molecular formula is C21H23N7OS. The lowest BCUT2D eigenvalue weighted by atomic mass is 10.1. The Balaban J connectivity index is 1.44. The van der Waals surface area contributed by atoms with Crippen LogP contribution in [0.1, 0.15) is 11.1 Å². The number of thioether (sulfide) groups is 1. The van der Waals surface area contributed by atoms with E-state index in [4.69, 9.17) is 10.5 Å². The normalized spacial score (nSPS) is 15.8. The van der Waals surface area contributed by atoms with Gasteiger partial charge < -0.3 is 26.1 Å². The van der Waals surface area contributed by atoms with E-state index in [9.17, 15) is 0 Å². The molecule has 2 aromatic carbocycles. The summed E-state index contributed by atoms with van der Waals surface area (Å²) in [5.41, 5.74) is 10.1. The van der Waals surface area contributed by atoms with Crippen molar-refractivity contribution in [2.45, 2.75) is 20.1 Å². The molecular weight excluding hydrogens is 398 g/mol. The Morgan fingerprint density at radius 3 is 2.67 bits per heavy atom. The summed E-state index contributed by atoms with van der Waals surface area (Å²) in [5.74, 6) is 2.40. The first-order chi connectivity index (χ1) is 14.5. The van der Waals surface area contributed by atoms with Gasteiger partial charge in [-0.1, -0.05) is 23.9 Å². The Hall–Kier alpha value is -3.46. The van der Waals surface area contributed by atoms with E-state index in [2.05, 4.69) is 62.9 Å². The van der Waals surface area contributed by atoms with Crippen LogP contribution < -0.4 is 21.1 Å². The summed E-state index contributed by atoms with van der Waals surface area (Å²) in [6.45, 7) is 4.11. The van der Waals surface area contributed by atoms with Gasteiger partial charge in [0.2, 0.25) is 5.95 Å². The molecule has 0 amide bonds. The highest BCUT2D eigenvalue weighted by atomic mass is 32.2. The van der Waals surface area contributed by atoms with Crippen LogP contribution in [0.5, 0.6) is 5.75 Å². The number of amidine groups is 1. The molecule has 1 aliphatic rings. The van der Waals surface area contributed by atoms with Gasteiger partial charge >= 0.3 is 0 Å². The average Bonchev–Trinajstić information content (AvgIpc) is 3.19. The van der Waals surface area contributed by atoms with E-state index in [-0.39, 0.29) is 6.23 Å². The van der Waals surface area contributed by atoms with Crippen LogP contribution in [0.25, 0.3) is 11.4 Å². The van der Waals surface area contributed by atoms with E-state index in [1.165, 1.54) is 17.3 Å². The van der Waals surface area contributed by atoms with E-state index >= 15 is 0 Å². The highest BCUT2D eigenvalue weighted by Gasteiger charge is 2.15. The third kappa shape index (κ3) is 4.57. The number of nitrogens with one attached hydrogen (secondary N) is 3. The zero-order valence-corrected chi connectivity index (χ0v) is 17.7. The van der Waals surface area contributed by atoms with Crippen molar-refractivity contribution in [2.75, 3.05) is 11.6 Å². The van der Waals surface area contributed by atoms with Crippen molar-refractivity contribution in [3.63, 3.8) is 0 Å². The number of benzene rings is 2. The summed E-state index contributed by atoms with van der Waals surface area (Å²) < 4.78 is 5.94. The number of aromatic nitrogens is 3. The van der Waals surface area contributed by atoms with Crippen LogP contribution in [-0.2, 0) is 0 Å². The third-order valence-electron chi connectivity index (χ3n) is 4.54.